The minimum absolute atomic E-state index is 0.133. The topological polar surface area (TPSA) is 44.0 Å². The number of carbonyl (C=O) groups is 1. The lowest BCUT2D eigenvalue weighted by atomic mass is 9.84. The Morgan fingerprint density at radius 2 is 1.92 bits per heavy atom. The molecule has 5 heteroatoms. The van der Waals surface area contributed by atoms with E-state index in [-0.39, 0.29) is 23.9 Å². The summed E-state index contributed by atoms with van der Waals surface area (Å²) >= 11 is 3.42. The van der Waals surface area contributed by atoms with Crippen LogP contribution in [0.1, 0.15) is 39.4 Å². The van der Waals surface area contributed by atoms with Gasteiger partial charge in [0.25, 0.3) is 0 Å². The van der Waals surface area contributed by atoms with Crippen molar-refractivity contribution in [2.45, 2.75) is 19.3 Å². The number of halogens is 2. The van der Waals surface area contributed by atoms with Crippen molar-refractivity contribution in [3.05, 3.63) is 105 Å². The number of pyridine rings is 1. The second kappa shape index (κ2) is 7.79. The summed E-state index contributed by atoms with van der Waals surface area (Å²) < 4.78 is 15.1. The maximum absolute atomic E-state index is 13.5. The SMILES string of the molecule is Cc1cc(F)ccc1C(CC(=O)c1ccc[n+]([O-])c1)c1ccc(Br)cc1. The molecule has 0 N–H and O–H groups in total. The predicted octanol–water partition coefficient (Wildman–Crippen LogP) is 4.93. The van der Waals surface area contributed by atoms with Crippen molar-refractivity contribution in [3.63, 3.8) is 0 Å². The molecule has 0 aliphatic heterocycles. The Bertz CT molecular complexity index is 941. The molecule has 0 radical (unpaired) electrons. The maximum atomic E-state index is 13.5. The summed E-state index contributed by atoms with van der Waals surface area (Å²) in [6, 6.07) is 15.5. The average Bonchev–Trinajstić information content (AvgIpc) is 2.61. The molecule has 3 aromatic rings. The Morgan fingerprint density at radius 1 is 1.19 bits per heavy atom. The number of hydrogen-bond acceptors (Lipinski definition) is 2. The number of carbonyl (C=O) groups excluding carboxylic acids is 1. The fraction of sp³-hybridized carbons (Fsp3) is 0.143. The Kier molecular flexibility index (Phi) is 5.47. The van der Waals surface area contributed by atoms with Crippen LogP contribution in [0.5, 0.6) is 0 Å². The van der Waals surface area contributed by atoms with Crippen molar-refractivity contribution in [3.8, 4) is 0 Å². The molecule has 2 aromatic carbocycles. The zero-order valence-electron chi connectivity index (χ0n) is 14.2. The molecule has 0 bridgehead atoms. The van der Waals surface area contributed by atoms with Crippen molar-refractivity contribution in [1.29, 1.82) is 0 Å². The molecule has 1 unspecified atom stereocenters. The van der Waals surface area contributed by atoms with E-state index in [2.05, 4.69) is 15.9 Å². The van der Waals surface area contributed by atoms with Gasteiger partial charge in [0.1, 0.15) is 5.82 Å². The summed E-state index contributed by atoms with van der Waals surface area (Å²) in [6.45, 7) is 1.84. The number of Topliss-reactive ketones (excluding diaryl/α,β-unsaturated/α-hetero) is 1. The number of hydrogen-bond donors (Lipinski definition) is 0. The van der Waals surface area contributed by atoms with E-state index >= 15 is 0 Å². The number of nitrogens with zero attached hydrogens (tertiary/aromatic N) is 1. The van der Waals surface area contributed by atoms with Gasteiger partial charge in [-0.2, -0.15) is 4.73 Å². The molecule has 0 saturated carbocycles. The zero-order chi connectivity index (χ0) is 18.7. The Labute approximate surface area is 159 Å². The highest BCUT2D eigenvalue weighted by atomic mass is 79.9. The number of ketones is 1. The summed E-state index contributed by atoms with van der Waals surface area (Å²) in [4.78, 5) is 12.8. The molecule has 1 heterocycles. The first-order valence-electron chi connectivity index (χ1n) is 8.17. The van der Waals surface area contributed by atoms with Crippen LogP contribution in [0.15, 0.2) is 71.5 Å². The van der Waals surface area contributed by atoms with Gasteiger partial charge in [-0.25, -0.2) is 4.39 Å². The lowest BCUT2D eigenvalue weighted by molar-refractivity contribution is -0.605. The molecule has 0 aliphatic rings. The van der Waals surface area contributed by atoms with Crippen molar-refractivity contribution < 1.29 is 13.9 Å². The Morgan fingerprint density at radius 3 is 2.58 bits per heavy atom. The molecule has 3 rings (SSSR count). The summed E-state index contributed by atoms with van der Waals surface area (Å²) in [5.74, 6) is -0.661. The molecule has 0 saturated heterocycles. The smallest absolute Gasteiger partial charge is 0.191 e. The molecule has 1 aromatic heterocycles. The van der Waals surface area contributed by atoms with Crippen LogP contribution in [0, 0.1) is 17.9 Å². The fourth-order valence-corrected chi connectivity index (χ4v) is 3.32. The largest absolute Gasteiger partial charge is 0.619 e. The first kappa shape index (κ1) is 18.3. The standard InChI is InChI=1S/C21H17BrFNO2/c1-14-11-18(23)8-9-19(14)20(15-4-6-17(22)7-5-15)12-21(25)16-3-2-10-24(26)13-16/h2-11,13,20H,12H2,1H3. The van der Waals surface area contributed by atoms with Gasteiger partial charge in [-0.15, -0.1) is 0 Å². The molecule has 26 heavy (non-hydrogen) atoms. The Balaban J connectivity index is 2.00. The number of rotatable bonds is 5. The predicted molar refractivity (Wildman–Crippen MR) is 101 cm³/mol. The fourth-order valence-electron chi connectivity index (χ4n) is 3.06. The molecule has 0 fully saturated rings. The molecule has 0 aliphatic carbocycles. The third-order valence-corrected chi connectivity index (χ3v) is 4.89. The van der Waals surface area contributed by atoms with Crippen molar-refractivity contribution in [2.24, 2.45) is 0 Å². The maximum Gasteiger partial charge on any atom is 0.191 e. The van der Waals surface area contributed by atoms with E-state index in [0.717, 1.165) is 21.2 Å². The lowest BCUT2D eigenvalue weighted by Crippen LogP contribution is -2.26. The van der Waals surface area contributed by atoms with Gasteiger partial charge in [-0.3, -0.25) is 4.79 Å². The monoisotopic (exact) mass is 413 g/mol. The molecule has 0 amide bonds. The molecule has 132 valence electrons. The van der Waals surface area contributed by atoms with E-state index in [0.29, 0.717) is 10.3 Å². The normalized spacial score (nSPS) is 12.0. The van der Waals surface area contributed by atoms with Crippen molar-refractivity contribution >= 4 is 21.7 Å². The van der Waals surface area contributed by atoms with Crippen molar-refractivity contribution in [2.75, 3.05) is 0 Å². The van der Waals surface area contributed by atoms with Crippen LogP contribution in [-0.2, 0) is 0 Å². The molecule has 3 nitrogen and oxygen atoms in total. The van der Waals surface area contributed by atoms with E-state index in [1.807, 2.05) is 31.2 Å². The summed E-state index contributed by atoms with van der Waals surface area (Å²) in [7, 11) is 0. The average molecular weight is 414 g/mol. The van der Waals surface area contributed by atoms with E-state index in [9.17, 15) is 14.4 Å². The highest BCUT2D eigenvalue weighted by molar-refractivity contribution is 9.10. The van der Waals surface area contributed by atoms with Gasteiger partial charge >= 0.3 is 0 Å². The van der Waals surface area contributed by atoms with Crippen LogP contribution in [0.3, 0.4) is 0 Å². The summed E-state index contributed by atoms with van der Waals surface area (Å²) in [5, 5.41) is 11.5. The van der Waals surface area contributed by atoms with Gasteiger partial charge in [0, 0.05) is 22.9 Å². The van der Waals surface area contributed by atoms with Crippen LogP contribution in [0.4, 0.5) is 4.39 Å². The summed E-state index contributed by atoms with van der Waals surface area (Å²) in [5.41, 5.74) is 3.01. The van der Waals surface area contributed by atoms with Crippen LogP contribution in [0.2, 0.25) is 0 Å². The summed E-state index contributed by atoms with van der Waals surface area (Å²) in [6.07, 6.45) is 2.81. The molecule has 0 spiro atoms. The van der Waals surface area contributed by atoms with E-state index in [1.54, 1.807) is 18.2 Å². The van der Waals surface area contributed by atoms with Crippen LogP contribution in [-0.4, -0.2) is 5.78 Å². The second-order valence-electron chi connectivity index (χ2n) is 6.18. The zero-order valence-corrected chi connectivity index (χ0v) is 15.7. The van der Waals surface area contributed by atoms with E-state index < -0.39 is 0 Å². The number of aryl methyl sites for hydroxylation is 1. The van der Waals surface area contributed by atoms with Gasteiger partial charge in [0.2, 0.25) is 0 Å². The number of benzene rings is 2. The third-order valence-electron chi connectivity index (χ3n) is 4.37. The van der Waals surface area contributed by atoms with Crippen molar-refractivity contribution in [1.82, 2.24) is 0 Å². The molecular formula is C21H17BrFNO2. The Hall–Kier alpha value is -2.53. The second-order valence-corrected chi connectivity index (χ2v) is 7.10. The minimum atomic E-state index is -0.303. The van der Waals surface area contributed by atoms with E-state index in [1.165, 1.54) is 24.5 Å². The van der Waals surface area contributed by atoms with E-state index in [4.69, 9.17) is 0 Å². The quantitative estimate of drug-likeness (QED) is 0.338. The number of aromatic nitrogens is 1. The lowest BCUT2D eigenvalue weighted by Gasteiger charge is -2.20. The van der Waals surface area contributed by atoms with Gasteiger partial charge < -0.3 is 5.21 Å². The highest BCUT2D eigenvalue weighted by Crippen LogP contribution is 2.32. The first-order chi connectivity index (χ1) is 12.4. The van der Waals surface area contributed by atoms with Crippen LogP contribution < -0.4 is 4.73 Å². The van der Waals surface area contributed by atoms with Crippen LogP contribution >= 0.6 is 15.9 Å². The first-order valence-corrected chi connectivity index (χ1v) is 8.97. The van der Waals surface area contributed by atoms with Gasteiger partial charge in [-0.05, 0) is 53.9 Å². The van der Waals surface area contributed by atoms with Gasteiger partial charge in [0.15, 0.2) is 18.2 Å². The molecule has 1 atom stereocenters. The third kappa shape index (κ3) is 4.17. The van der Waals surface area contributed by atoms with Gasteiger partial charge in [0.05, 0.1) is 5.56 Å². The highest BCUT2D eigenvalue weighted by Gasteiger charge is 2.22. The molecular weight excluding hydrogens is 397 g/mol. The van der Waals surface area contributed by atoms with Crippen LogP contribution in [0.25, 0.3) is 0 Å². The van der Waals surface area contributed by atoms with Gasteiger partial charge in [-0.1, -0.05) is 34.1 Å². The minimum Gasteiger partial charge on any atom is -0.619 e.